The van der Waals surface area contributed by atoms with Gasteiger partial charge in [-0.15, -0.1) is 6.58 Å². The highest BCUT2D eigenvalue weighted by atomic mass is 19.3. The van der Waals surface area contributed by atoms with Crippen molar-refractivity contribution in [1.29, 1.82) is 0 Å². The standard InChI is InChI=1S/C10H14F4/c1-2-3-4-7-5-8(11)10(13,14)9(12)6-7/h2,7-9H,1,3-6H2. The van der Waals surface area contributed by atoms with Crippen LogP contribution in [0, 0.1) is 5.92 Å². The third kappa shape index (κ3) is 2.28. The van der Waals surface area contributed by atoms with Gasteiger partial charge in [0.2, 0.25) is 0 Å². The second kappa shape index (κ2) is 4.32. The number of hydrogen-bond acceptors (Lipinski definition) is 0. The van der Waals surface area contributed by atoms with E-state index >= 15 is 0 Å². The van der Waals surface area contributed by atoms with Crippen LogP contribution in [0.15, 0.2) is 12.7 Å². The Morgan fingerprint density at radius 3 is 2.14 bits per heavy atom. The molecule has 2 unspecified atom stereocenters. The van der Waals surface area contributed by atoms with Gasteiger partial charge in [-0.2, -0.15) is 0 Å². The van der Waals surface area contributed by atoms with Gasteiger partial charge in [0.05, 0.1) is 0 Å². The van der Waals surface area contributed by atoms with Crippen LogP contribution in [0.5, 0.6) is 0 Å². The topological polar surface area (TPSA) is 0 Å². The monoisotopic (exact) mass is 210 g/mol. The van der Waals surface area contributed by atoms with E-state index in [4.69, 9.17) is 0 Å². The summed E-state index contributed by atoms with van der Waals surface area (Å²) >= 11 is 0. The third-order valence-electron chi connectivity index (χ3n) is 2.69. The maximum Gasteiger partial charge on any atom is 0.309 e. The summed E-state index contributed by atoms with van der Waals surface area (Å²) in [4.78, 5) is 0. The normalized spacial score (nSPS) is 36.7. The van der Waals surface area contributed by atoms with Crippen LogP contribution in [-0.4, -0.2) is 18.3 Å². The lowest BCUT2D eigenvalue weighted by atomic mass is 9.81. The van der Waals surface area contributed by atoms with Crippen molar-refractivity contribution >= 4 is 0 Å². The summed E-state index contributed by atoms with van der Waals surface area (Å²) in [5, 5.41) is 0. The minimum absolute atomic E-state index is 0.235. The van der Waals surface area contributed by atoms with Gasteiger partial charge in [-0.05, 0) is 31.6 Å². The Balaban J connectivity index is 2.52. The fraction of sp³-hybridized carbons (Fsp3) is 0.800. The number of halogens is 4. The van der Waals surface area contributed by atoms with Crippen LogP contribution in [0.3, 0.4) is 0 Å². The molecule has 0 nitrogen and oxygen atoms in total. The van der Waals surface area contributed by atoms with Gasteiger partial charge in [-0.3, -0.25) is 0 Å². The molecule has 4 heteroatoms. The van der Waals surface area contributed by atoms with Gasteiger partial charge in [-0.25, -0.2) is 17.6 Å². The molecule has 1 fully saturated rings. The van der Waals surface area contributed by atoms with E-state index in [1.54, 1.807) is 6.08 Å². The first-order valence-corrected chi connectivity index (χ1v) is 4.75. The van der Waals surface area contributed by atoms with E-state index in [0.717, 1.165) is 0 Å². The van der Waals surface area contributed by atoms with Crippen molar-refractivity contribution in [2.75, 3.05) is 0 Å². The zero-order valence-electron chi connectivity index (χ0n) is 7.86. The molecule has 0 heterocycles. The zero-order chi connectivity index (χ0) is 10.8. The molecule has 1 rings (SSSR count). The molecule has 0 amide bonds. The Morgan fingerprint density at radius 1 is 1.21 bits per heavy atom. The molecule has 0 saturated heterocycles. The van der Waals surface area contributed by atoms with Crippen LogP contribution < -0.4 is 0 Å². The van der Waals surface area contributed by atoms with Crippen molar-refractivity contribution in [2.24, 2.45) is 5.92 Å². The molecule has 0 aromatic carbocycles. The number of hydrogen-bond donors (Lipinski definition) is 0. The molecule has 0 spiro atoms. The highest BCUT2D eigenvalue weighted by Gasteiger charge is 2.53. The van der Waals surface area contributed by atoms with E-state index in [1.807, 2.05) is 0 Å². The number of rotatable bonds is 3. The van der Waals surface area contributed by atoms with Crippen LogP contribution in [0.2, 0.25) is 0 Å². The summed E-state index contributed by atoms with van der Waals surface area (Å²) in [6, 6.07) is 0. The summed E-state index contributed by atoms with van der Waals surface area (Å²) in [5.74, 6) is -4.07. The van der Waals surface area contributed by atoms with Crippen LogP contribution >= 0.6 is 0 Å². The van der Waals surface area contributed by atoms with Gasteiger partial charge >= 0.3 is 5.92 Å². The summed E-state index contributed by atoms with van der Waals surface area (Å²) in [7, 11) is 0. The Hall–Kier alpha value is -0.540. The number of allylic oxidation sites excluding steroid dienone is 1. The third-order valence-corrected chi connectivity index (χ3v) is 2.69. The molecule has 2 atom stereocenters. The zero-order valence-corrected chi connectivity index (χ0v) is 7.86. The summed E-state index contributed by atoms with van der Waals surface area (Å²) in [6.45, 7) is 3.48. The minimum Gasteiger partial charge on any atom is -0.241 e. The van der Waals surface area contributed by atoms with Crippen LogP contribution in [0.25, 0.3) is 0 Å². The maximum absolute atomic E-state index is 12.9. The lowest BCUT2D eigenvalue weighted by molar-refractivity contribution is -0.158. The van der Waals surface area contributed by atoms with Crippen LogP contribution in [0.1, 0.15) is 25.7 Å². The van der Waals surface area contributed by atoms with Crippen LogP contribution in [-0.2, 0) is 0 Å². The fourth-order valence-corrected chi connectivity index (χ4v) is 1.78. The second-order valence-corrected chi connectivity index (χ2v) is 3.81. The first kappa shape index (κ1) is 11.5. The largest absolute Gasteiger partial charge is 0.309 e. The fourth-order valence-electron chi connectivity index (χ4n) is 1.78. The van der Waals surface area contributed by atoms with E-state index < -0.39 is 18.3 Å². The first-order chi connectivity index (χ1) is 6.48. The van der Waals surface area contributed by atoms with E-state index in [9.17, 15) is 17.6 Å². The van der Waals surface area contributed by atoms with Gasteiger partial charge in [0.25, 0.3) is 0 Å². The molecule has 1 saturated carbocycles. The van der Waals surface area contributed by atoms with E-state index in [1.165, 1.54) is 0 Å². The summed E-state index contributed by atoms with van der Waals surface area (Å²) < 4.78 is 51.2. The van der Waals surface area contributed by atoms with Crippen LogP contribution in [0.4, 0.5) is 17.6 Å². The molecule has 0 aromatic heterocycles. The Bertz CT molecular complexity index is 188. The van der Waals surface area contributed by atoms with Gasteiger partial charge < -0.3 is 0 Å². The van der Waals surface area contributed by atoms with Crippen molar-refractivity contribution in [2.45, 2.75) is 43.9 Å². The lowest BCUT2D eigenvalue weighted by Gasteiger charge is -2.34. The Morgan fingerprint density at radius 2 is 1.71 bits per heavy atom. The molecule has 0 radical (unpaired) electrons. The van der Waals surface area contributed by atoms with Crippen molar-refractivity contribution < 1.29 is 17.6 Å². The average molecular weight is 210 g/mol. The van der Waals surface area contributed by atoms with Crippen molar-refractivity contribution in [3.8, 4) is 0 Å². The van der Waals surface area contributed by atoms with Crippen molar-refractivity contribution in [1.82, 2.24) is 0 Å². The van der Waals surface area contributed by atoms with Gasteiger partial charge in [0, 0.05) is 0 Å². The predicted molar refractivity (Wildman–Crippen MR) is 46.9 cm³/mol. The van der Waals surface area contributed by atoms with Gasteiger partial charge in [0.15, 0.2) is 12.3 Å². The molecular weight excluding hydrogens is 196 g/mol. The molecule has 0 N–H and O–H groups in total. The van der Waals surface area contributed by atoms with Crippen molar-refractivity contribution in [3.63, 3.8) is 0 Å². The predicted octanol–water partition coefficient (Wildman–Crippen LogP) is 3.67. The van der Waals surface area contributed by atoms with Gasteiger partial charge in [0.1, 0.15) is 0 Å². The molecule has 1 aliphatic rings. The first-order valence-electron chi connectivity index (χ1n) is 4.75. The second-order valence-electron chi connectivity index (χ2n) is 3.81. The maximum atomic E-state index is 12.9. The van der Waals surface area contributed by atoms with E-state index in [2.05, 4.69) is 6.58 Å². The lowest BCUT2D eigenvalue weighted by Crippen LogP contribution is -2.46. The highest BCUT2D eigenvalue weighted by molar-refractivity contribution is 4.93. The van der Waals surface area contributed by atoms with E-state index in [0.29, 0.717) is 12.8 Å². The minimum atomic E-state index is -3.79. The smallest absolute Gasteiger partial charge is 0.241 e. The summed E-state index contributed by atoms with van der Waals surface area (Å²) in [5.41, 5.74) is 0. The molecule has 0 aromatic rings. The highest BCUT2D eigenvalue weighted by Crippen LogP contribution is 2.41. The average Bonchev–Trinajstić information content (AvgIpc) is 2.11. The van der Waals surface area contributed by atoms with E-state index in [-0.39, 0.29) is 18.8 Å². The number of alkyl halides is 4. The Labute approximate surface area is 81.0 Å². The Kier molecular flexibility index (Phi) is 3.56. The molecule has 0 aliphatic heterocycles. The molecule has 82 valence electrons. The van der Waals surface area contributed by atoms with Gasteiger partial charge in [-0.1, -0.05) is 6.08 Å². The quantitative estimate of drug-likeness (QED) is 0.492. The SMILES string of the molecule is C=CCCC1CC(F)C(F)(F)C(F)C1. The van der Waals surface area contributed by atoms with Crippen molar-refractivity contribution in [3.05, 3.63) is 12.7 Å². The molecular formula is C10H14F4. The molecule has 1 aliphatic carbocycles. The summed E-state index contributed by atoms with van der Waals surface area (Å²) in [6.07, 6.45) is -2.34. The molecule has 0 bridgehead atoms. The molecule has 14 heavy (non-hydrogen) atoms.